The lowest BCUT2D eigenvalue weighted by molar-refractivity contribution is 1.13. The number of hydrogen-bond acceptors (Lipinski definition) is 2. The first-order valence-corrected chi connectivity index (χ1v) is 6.19. The minimum absolute atomic E-state index is 0.338. The quantitative estimate of drug-likeness (QED) is 0.684. The van der Waals surface area contributed by atoms with Crippen LogP contribution in [0, 0.1) is 11.3 Å². The molecule has 0 N–H and O–H groups in total. The van der Waals surface area contributed by atoms with Crippen LogP contribution in [0.2, 0.25) is 0 Å². The van der Waals surface area contributed by atoms with Gasteiger partial charge in [-0.05, 0) is 11.5 Å². The van der Waals surface area contributed by atoms with E-state index in [2.05, 4.69) is 23.2 Å². The fourth-order valence-electron chi connectivity index (χ4n) is 2.24. The molecule has 0 aliphatic heterocycles. The van der Waals surface area contributed by atoms with Gasteiger partial charge in [0.25, 0.3) is 0 Å². The summed E-state index contributed by atoms with van der Waals surface area (Å²) in [6.07, 6.45) is 0.338. The van der Waals surface area contributed by atoms with E-state index in [0.717, 1.165) is 27.7 Å². The molecule has 0 saturated carbocycles. The Kier molecular flexibility index (Phi) is 2.96. The molecule has 2 heteroatoms. The van der Waals surface area contributed by atoms with Crippen molar-refractivity contribution in [3.63, 3.8) is 0 Å². The highest BCUT2D eigenvalue weighted by Crippen LogP contribution is 2.27. The summed E-state index contributed by atoms with van der Waals surface area (Å²) in [5, 5.41) is 11.1. The second-order valence-corrected chi connectivity index (χ2v) is 4.38. The van der Waals surface area contributed by atoms with Crippen molar-refractivity contribution in [3.8, 4) is 17.3 Å². The molecular weight excluding hydrogens is 232 g/mol. The molecule has 3 aromatic rings. The van der Waals surface area contributed by atoms with Crippen LogP contribution in [-0.2, 0) is 6.42 Å². The van der Waals surface area contributed by atoms with Gasteiger partial charge in [0, 0.05) is 10.9 Å². The minimum Gasteiger partial charge on any atom is -0.251 e. The largest absolute Gasteiger partial charge is 0.251 e. The van der Waals surface area contributed by atoms with Gasteiger partial charge in [-0.2, -0.15) is 5.26 Å². The van der Waals surface area contributed by atoms with E-state index in [0.29, 0.717) is 6.42 Å². The minimum atomic E-state index is 0.338. The van der Waals surface area contributed by atoms with E-state index in [4.69, 9.17) is 5.26 Å². The highest BCUT2D eigenvalue weighted by Gasteiger charge is 2.07. The van der Waals surface area contributed by atoms with Crippen molar-refractivity contribution < 1.29 is 0 Å². The molecule has 0 radical (unpaired) electrons. The predicted octanol–water partition coefficient (Wildman–Crippen LogP) is 3.97. The predicted molar refractivity (Wildman–Crippen MR) is 76.5 cm³/mol. The van der Waals surface area contributed by atoms with Crippen molar-refractivity contribution >= 4 is 10.8 Å². The Hall–Kier alpha value is -2.66. The Morgan fingerprint density at radius 1 is 0.947 bits per heavy atom. The van der Waals surface area contributed by atoms with Gasteiger partial charge in [-0.25, -0.2) is 0 Å². The molecule has 2 aromatic carbocycles. The maximum absolute atomic E-state index is 8.86. The molecule has 0 bridgehead atoms. The van der Waals surface area contributed by atoms with Crippen LogP contribution in [-0.4, -0.2) is 4.98 Å². The van der Waals surface area contributed by atoms with Crippen molar-refractivity contribution in [1.82, 2.24) is 4.98 Å². The molecule has 1 heterocycles. The molecular formula is C17H12N2. The Bertz CT molecular complexity index is 755. The van der Waals surface area contributed by atoms with Crippen LogP contribution in [0.3, 0.4) is 0 Å². The molecule has 0 amide bonds. The second kappa shape index (κ2) is 4.91. The Balaban J connectivity index is 2.30. The molecule has 0 fully saturated rings. The normalized spacial score (nSPS) is 10.3. The van der Waals surface area contributed by atoms with Crippen LogP contribution in [0.25, 0.3) is 22.0 Å². The number of nitriles is 1. The number of aromatic nitrogens is 1. The number of nitrogens with zero attached hydrogens (tertiary/aromatic N) is 2. The van der Waals surface area contributed by atoms with Crippen molar-refractivity contribution in [1.29, 1.82) is 5.26 Å². The lowest BCUT2D eigenvalue weighted by atomic mass is 10.0. The molecule has 3 rings (SSSR count). The maximum Gasteiger partial charge on any atom is 0.0784 e. The third-order valence-electron chi connectivity index (χ3n) is 3.10. The van der Waals surface area contributed by atoms with E-state index in [9.17, 15) is 0 Å². The monoisotopic (exact) mass is 244 g/mol. The van der Waals surface area contributed by atoms with Crippen molar-refractivity contribution in [2.75, 3.05) is 0 Å². The summed E-state index contributed by atoms with van der Waals surface area (Å²) in [7, 11) is 0. The number of pyridine rings is 1. The molecule has 0 aliphatic carbocycles. The first kappa shape index (κ1) is 11.4. The lowest BCUT2D eigenvalue weighted by Gasteiger charge is -2.08. The first-order valence-electron chi connectivity index (χ1n) is 6.19. The van der Waals surface area contributed by atoms with Gasteiger partial charge in [-0.3, -0.25) is 4.98 Å². The highest BCUT2D eigenvalue weighted by molar-refractivity contribution is 5.94. The third-order valence-corrected chi connectivity index (χ3v) is 3.10. The van der Waals surface area contributed by atoms with Crippen LogP contribution >= 0.6 is 0 Å². The van der Waals surface area contributed by atoms with E-state index < -0.39 is 0 Å². The molecule has 1 aromatic heterocycles. The zero-order valence-corrected chi connectivity index (χ0v) is 10.4. The summed E-state index contributed by atoms with van der Waals surface area (Å²) in [5.74, 6) is 0. The van der Waals surface area contributed by atoms with Crippen LogP contribution in [0.4, 0.5) is 0 Å². The zero-order valence-electron chi connectivity index (χ0n) is 10.4. The zero-order chi connectivity index (χ0) is 13.1. The summed E-state index contributed by atoms with van der Waals surface area (Å²) in [6, 6.07) is 22.4. The second-order valence-electron chi connectivity index (χ2n) is 4.38. The molecule has 90 valence electrons. The van der Waals surface area contributed by atoms with E-state index in [1.54, 1.807) is 0 Å². The van der Waals surface area contributed by atoms with Gasteiger partial charge in [-0.1, -0.05) is 54.6 Å². The fourth-order valence-corrected chi connectivity index (χ4v) is 2.24. The Morgan fingerprint density at radius 3 is 2.47 bits per heavy atom. The topological polar surface area (TPSA) is 36.7 Å². The number of hydrogen-bond donors (Lipinski definition) is 0. The standard InChI is InChI=1S/C17H12N2/c18-11-10-15-12-14-8-4-5-9-16(14)17(19-15)13-6-2-1-3-7-13/h1-9,12H,10H2. The van der Waals surface area contributed by atoms with Gasteiger partial charge < -0.3 is 0 Å². The van der Waals surface area contributed by atoms with E-state index in [1.807, 2.05) is 48.5 Å². The Labute approximate surface area is 112 Å². The van der Waals surface area contributed by atoms with Gasteiger partial charge in [0.05, 0.1) is 23.9 Å². The van der Waals surface area contributed by atoms with Crippen molar-refractivity contribution in [2.24, 2.45) is 0 Å². The van der Waals surface area contributed by atoms with Gasteiger partial charge in [0.1, 0.15) is 0 Å². The maximum atomic E-state index is 8.86. The van der Waals surface area contributed by atoms with Crippen LogP contribution < -0.4 is 0 Å². The molecule has 0 spiro atoms. The van der Waals surface area contributed by atoms with E-state index >= 15 is 0 Å². The van der Waals surface area contributed by atoms with Crippen LogP contribution in [0.15, 0.2) is 60.7 Å². The van der Waals surface area contributed by atoms with Crippen LogP contribution in [0.5, 0.6) is 0 Å². The first-order chi connectivity index (χ1) is 9.38. The summed E-state index contributed by atoms with van der Waals surface area (Å²) in [5.41, 5.74) is 2.85. The Morgan fingerprint density at radius 2 is 1.68 bits per heavy atom. The molecule has 0 aliphatic rings. The number of rotatable bonds is 2. The molecule has 19 heavy (non-hydrogen) atoms. The molecule has 0 atom stereocenters. The summed E-state index contributed by atoms with van der Waals surface area (Å²) >= 11 is 0. The van der Waals surface area contributed by atoms with Gasteiger partial charge in [0.2, 0.25) is 0 Å². The van der Waals surface area contributed by atoms with Crippen molar-refractivity contribution in [3.05, 3.63) is 66.4 Å². The van der Waals surface area contributed by atoms with Gasteiger partial charge in [0.15, 0.2) is 0 Å². The fraction of sp³-hybridized carbons (Fsp3) is 0.0588. The van der Waals surface area contributed by atoms with E-state index in [1.165, 1.54) is 0 Å². The SMILES string of the molecule is N#CCc1cc2ccccc2c(-c2ccccc2)n1. The summed E-state index contributed by atoms with van der Waals surface area (Å²) < 4.78 is 0. The van der Waals surface area contributed by atoms with Crippen molar-refractivity contribution in [2.45, 2.75) is 6.42 Å². The van der Waals surface area contributed by atoms with Gasteiger partial charge in [-0.15, -0.1) is 0 Å². The molecule has 2 nitrogen and oxygen atoms in total. The summed E-state index contributed by atoms with van der Waals surface area (Å²) in [6.45, 7) is 0. The molecule has 0 unspecified atom stereocenters. The number of fused-ring (bicyclic) bond motifs is 1. The number of benzene rings is 2. The third kappa shape index (κ3) is 2.19. The smallest absolute Gasteiger partial charge is 0.0784 e. The highest BCUT2D eigenvalue weighted by atomic mass is 14.7. The van der Waals surface area contributed by atoms with Crippen LogP contribution in [0.1, 0.15) is 5.69 Å². The lowest BCUT2D eigenvalue weighted by Crippen LogP contribution is -1.93. The molecule has 0 saturated heterocycles. The van der Waals surface area contributed by atoms with E-state index in [-0.39, 0.29) is 0 Å². The summed E-state index contributed by atoms with van der Waals surface area (Å²) in [4.78, 5) is 4.64. The average Bonchev–Trinajstić information content (AvgIpc) is 2.48. The van der Waals surface area contributed by atoms with Gasteiger partial charge >= 0.3 is 0 Å². The average molecular weight is 244 g/mol.